The van der Waals surface area contributed by atoms with Crippen LogP contribution in [0.5, 0.6) is 5.75 Å². The predicted molar refractivity (Wildman–Crippen MR) is 116 cm³/mol. The molecular formula is C22H28N4O4. The van der Waals surface area contributed by atoms with Gasteiger partial charge in [-0.1, -0.05) is 26.8 Å². The number of carbonyl (C=O) groups is 2. The minimum atomic E-state index is -1.39. The Kier molecular flexibility index (Phi) is 7.05. The molecule has 0 saturated heterocycles. The Morgan fingerprint density at radius 1 is 1.17 bits per heavy atom. The number of nitrogens with one attached hydrogen (secondary N) is 2. The molecule has 1 atom stereocenters. The van der Waals surface area contributed by atoms with Gasteiger partial charge in [-0.05, 0) is 59.9 Å². The number of carboxylic acid groups (broad SMARTS) is 1. The summed E-state index contributed by atoms with van der Waals surface area (Å²) >= 11 is 0. The Hall–Kier alpha value is -3.55. The summed E-state index contributed by atoms with van der Waals surface area (Å²) in [7, 11) is 0. The Balaban J connectivity index is 2.49. The standard InChI is InChI=1S/C22H28N4O4/c1-4-22(21(28)29,26-16-8-5-14(6-9-16)20(24)25)15-7-10-18(30-12-19(23)27)17(11-15)13(2)3/h5-11,13,26H,4,12H2,1-3H3,(H2,23,27)(H3,24,25)(H,28,29). The summed E-state index contributed by atoms with van der Waals surface area (Å²) in [6, 6.07) is 11.8. The summed E-state index contributed by atoms with van der Waals surface area (Å²) in [6.07, 6.45) is 0.274. The van der Waals surface area contributed by atoms with Gasteiger partial charge in [-0.25, -0.2) is 4.79 Å². The Bertz CT molecular complexity index is 941. The highest BCUT2D eigenvalue weighted by Gasteiger charge is 2.39. The van der Waals surface area contributed by atoms with Gasteiger partial charge in [0.25, 0.3) is 5.91 Å². The van der Waals surface area contributed by atoms with Gasteiger partial charge >= 0.3 is 5.97 Å². The van der Waals surface area contributed by atoms with Crippen molar-refractivity contribution < 1.29 is 19.4 Å². The van der Waals surface area contributed by atoms with Crippen molar-refractivity contribution >= 4 is 23.4 Å². The Morgan fingerprint density at radius 3 is 2.27 bits per heavy atom. The summed E-state index contributed by atoms with van der Waals surface area (Å²) in [4.78, 5) is 23.5. The Morgan fingerprint density at radius 2 is 1.80 bits per heavy atom. The van der Waals surface area contributed by atoms with E-state index in [0.717, 1.165) is 5.56 Å². The second-order valence-corrected chi connectivity index (χ2v) is 7.34. The second-order valence-electron chi connectivity index (χ2n) is 7.34. The van der Waals surface area contributed by atoms with Crippen molar-refractivity contribution in [2.75, 3.05) is 11.9 Å². The second kappa shape index (κ2) is 9.30. The van der Waals surface area contributed by atoms with Gasteiger partial charge < -0.3 is 26.6 Å². The van der Waals surface area contributed by atoms with Gasteiger partial charge in [0.05, 0.1) is 0 Å². The third-order valence-electron chi connectivity index (χ3n) is 4.94. The van der Waals surface area contributed by atoms with E-state index in [1.807, 2.05) is 13.8 Å². The molecule has 0 aliphatic rings. The third-order valence-corrected chi connectivity index (χ3v) is 4.94. The van der Waals surface area contributed by atoms with Crippen molar-refractivity contribution in [3.05, 3.63) is 59.2 Å². The van der Waals surface area contributed by atoms with Crippen molar-refractivity contribution in [1.82, 2.24) is 0 Å². The molecule has 0 aliphatic heterocycles. The summed E-state index contributed by atoms with van der Waals surface area (Å²) in [5.74, 6) is -1.14. The number of hydrogen-bond acceptors (Lipinski definition) is 5. The number of amides is 1. The van der Waals surface area contributed by atoms with Crippen molar-refractivity contribution in [2.45, 2.75) is 38.6 Å². The SMILES string of the molecule is CCC(Nc1ccc(C(=N)N)cc1)(C(=O)O)c1ccc(OCC(N)=O)c(C(C)C)c1. The topological polar surface area (TPSA) is 152 Å². The first-order valence-corrected chi connectivity index (χ1v) is 9.62. The van der Waals surface area contributed by atoms with Crippen LogP contribution in [0.2, 0.25) is 0 Å². The van der Waals surface area contributed by atoms with Crippen LogP contribution in [0, 0.1) is 5.41 Å². The molecule has 7 N–H and O–H groups in total. The maximum atomic E-state index is 12.4. The third kappa shape index (κ3) is 4.89. The molecule has 0 fully saturated rings. The number of anilines is 1. The van der Waals surface area contributed by atoms with Gasteiger partial charge in [0, 0.05) is 11.3 Å². The lowest BCUT2D eigenvalue weighted by Crippen LogP contribution is -2.43. The molecule has 0 aromatic heterocycles. The van der Waals surface area contributed by atoms with Crippen LogP contribution in [-0.2, 0) is 15.1 Å². The number of carboxylic acids is 1. The highest BCUT2D eigenvalue weighted by atomic mass is 16.5. The molecule has 0 radical (unpaired) electrons. The Labute approximate surface area is 175 Å². The zero-order chi connectivity index (χ0) is 22.5. The number of rotatable bonds is 10. The minimum absolute atomic E-state index is 0.0334. The van der Waals surface area contributed by atoms with Crippen LogP contribution in [-0.4, -0.2) is 29.4 Å². The fraction of sp³-hybridized carbons (Fsp3) is 0.318. The maximum Gasteiger partial charge on any atom is 0.334 e. The van der Waals surface area contributed by atoms with Gasteiger partial charge in [0.15, 0.2) is 12.1 Å². The molecule has 2 aromatic rings. The number of amidine groups is 1. The number of nitrogen functional groups attached to an aromatic ring is 1. The maximum absolute atomic E-state index is 12.4. The van der Waals surface area contributed by atoms with Crippen LogP contribution in [0.25, 0.3) is 0 Å². The molecule has 0 saturated carbocycles. The molecule has 0 bridgehead atoms. The monoisotopic (exact) mass is 412 g/mol. The average molecular weight is 412 g/mol. The molecule has 160 valence electrons. The number of carbonyl (C=O) groups excluding carboxylic acids is 1. The van der Waals surface area contributed by atoms with E-state index in [9.17, 15) is 14.7 Å². The van der Waals surface area contributed by atoms with Crippen LogP contribution in [0.15, 0.2) is 42.5 Å². The van der Waals surface area contributed by atoms with Gasteiger partial charge in [0.1, 0.15) is 11.6 Å². The van der Waals surface area contributed by atoms with E-state index < -0.39 is 17.4 Å². The van der Waals surface area contributed by atoms with E-state index >= 15 is 0 Å². The summed E-state index contributed by atoms with van der Waals surface area (Å²) in [5, 5.41) is 20.8. The number of ether oxygens (including phenoxy) is 1. The molecule has 0 heterocycles. The molecule has 1 amide bonds. The molecule has 0 aliphatic carbocycles. The first-order valence-electron chi connectivity index (χ1n) is 9.62. The lowest BCUT2D eigenvalue weighted by Gasteiger charge is -2.32. The summed E-state index contributed by atoms with van der Waals surface area (Å²) in [5.41, 5.74) is 11.7. The van der Waals surface area contributed by atoms with Crippen LogP contribution in [0.4, 0.5) is 5.69 Å². The first-order chi connectivity index (χ1) is 14.1. The number of benzene rings is 2. The normalized spacial score (nSPS) is 12.8. The quantitative estimate of drug-likeness (QED) is 0.299. The zero-order valence-electron chi connectivity index (χ0n) is 17.4. The van der Waals surface area contributed by atoms with Crippen LogP contribution < -0.4 is 21.5 Å². The molecule has 2 aromatic carbocycles. The highest BCUT2D eigenvalue weighted by molar-refractivity contribution is 5.95. The van der Waals surface area contributed by atoms with Crippen molar-refractivity contribution in [3.8, 4) is 5.75 Å². The van der Waals surface area contributed by atoms with Crippen LogP contribution in [0.3, 0.4) is 0 Å². The fourth-order valence-corrected chi connectivity index (χ4v) is 3.22. The first kappa shape index (κ1) is 22.7. The van der Waals surface area contributed by atoms with E-state index in [1.54, 1.807) is 49.4 Å². The fourth-order valence-electron chi connectivity index (χ4n) is 3.22. The van der Waals surface area contributed by atoms with Gasteiger partial charge in [0.2, 0.25) is 0 Å². The average Bonchev–Trinajstić information content (AvgIpc) is 2.70. The van der Waals surface area contributed by atoms with Crippen molar-refractivity contribution in [1.29, 1.82) is 5.41 Å². The predicted octanol–water partition coefficient (Wildman–Crippen LogP) is 2.76. The van der Waals surface area contributed by atoms with Gasteiger partial charge in [-0.3, -0.25) is 10.2 Å². The van der Waals surface area contributed by atoms with E-state index in [0.29, 0.717) is 22.6 Å². The van der Waals surface area contributed by atoms with Gasteiger partial charge in [-0.2, -0.15) is 0 Å². The minimum Gasteiger partial charge on any atom is -0.483 e. The van der Waals surface area contributed by atoms with Crippen LogP contribution in [0.1, 0.15) is 49.8 Å². The smallest absolute Gasteiger partial charge is 0.334 e. The highest BCUT2D eigenvalue weighted by Crippen LogP contribution is 2.36. The largest absolute Gasteiger partial charge is 0.483 e. The molecule has 1 unspecified atom stereocenters. The number of primary amides is 1. The van der Waals surface area contributed by atoms with E-state index in [2.05, 4.69) is 5.32 Å². The molecule has 0 spiro atoms. The van der Waals surface area contributed by atoms with Crippen molar-refractivity contribution in [2.24, 2.45) is 11.5 Å². The lowest BCUT2D eigenvalue weighted by molar-refractivity contribution is -0.142. The van der Waals surface area contributed by atoms with Crippen molar-refractivity contribution in [3.63, 3.8) is 0 Å². The van der Waals surface area contributed by atoms with E-state index in [4.69, 9.17) is 21.6 Å². The number of hydrogen-bond donors (Lipinski definition) is 5. The summed E-state index contributed by atoms with van der Waals surface area (Å²) < 4.78 is 5.50. The lowest BCUT2D eigenvalue weighted by atomic mass is 9.84. The molecular weight excluding hydrogens is 384 g/mol. The number of nitrogens with two attached hydrogens (primary N) is 2. The van der Waals surface area contributed by atoms with E-state index in [-0.39, 0.29) is 24.8 Å². The number of aliphatic carboxylic acids is 1. The van der Waals surface area contributed by atoms with E-state index in [1.165, 1.54) is 0 Å². The molecule has 2 rings (SSSR count). The summed E-state index contributed by atoms with van der Waals surface area (Å²) in [6.45, 7) is 5.45. The van der Waals surface area contributed by atoms with Crippen LogP contribution >= 0.6 is 0 Å². The zero-order valence-corrected chi connectivity index (χ0v) is 17.4. The molecule has 30 heavy (non-hydrogen) atoms. The molecule has 8 heteroatoms. The molecule has 8 nitrogen and oxygen atoms in total. The van der Waals surface area contributed by atoms with Gasteiger partial charge in [-0.15, -0.1) is 0 Å².